The standard InChI is InChI=1S/C12H11NO3S/c1-16-12-4-2-3-11(13-12)9-5-7-10(8-6-9)17(14)15/h2-8H,1H3,(H,14,15)/p-1. The fourth-order valence-electron chi connectivity index (χ4n) is 1.43. The molecule has 0 aliphatic heterocycles. The Bertz CT molecular complexity index is 540. The molecule has 4 nitrogen and oxygen atoms in total. The summed E-state index contributed by atoms with van der Waals surface area (Å²) in [7, 11) is 1.55. The lowest BCUT2D eigenvalue weighted by molar-refractivity contribution is 0.398. The highest BCUT2D eigenvalue weighted by Crippen LogP contribution is 2.20. The van der Waals surface area contributed by atoms with Crippen molar-refractivity contribution in [3.8, 4) is 17.1 Å². The maximum Gasteiger partial charge on any atom is 0.213 e. The van der Waals surface area contributed by atoms with Crippen LogP contribution in [-0.4, -0.2) is 20.9 Å². The molecule has 0 radical (unpaired) electrons. The number of methoxy groups -OCH3 is 1. The lowest BCUT2D eigenvalue weighted by Gasteiger charge is -2.07. The second kappa shape index (κ2) is 5.07. The van der Waals surface area contributed by atoms with Crippen LogP contribution < -0.4 is 4.74 Å². The van der Waals surface area contributed by atoms with Crippen LogP contribution >= 0.6 is 0 Å². The minimum Gasteiger partial charge on any atom is -0.768 e. The van der Waals surface area contributed by atoms with Gasteiger partial charge < -0.3 is 9.29 Å². The third kappa shape index (κ3) is 2.69. The third-order valence-corrected chi connectivity index (χ3v) is 2.93. The Labute approximate surface area is 102 Å². The molecule has 0 fully saturated rings. The van der Waals surface area contributed by atoms with Gasteiger partial charge in [-0.15, -0.1) is 0 Å². The van der Waals surface area contributed by atoms with E-state index in [1.54, 1.807) is 37.4 Å². The summed E-state index contributed by atoms with van der Waals surface area (Å²) in [4.78, 5) is 4.52. The van der Waals surface area contributed by atoms with E-state index in [9.17, 15) is 8.76 Å². The van der Waals surface area contributed by atoms with Crippen molar-refractivity contribution >= 4 is 11.1 Å². The molecule has 0 aliphatic rings. The van der Waals surface area contributed by atoms with Crippen molar-refractivity contribution in [3.05, 3.63) is 42.5 Å². The monoisotopic (exact) mass is 248 g/mol. The molecule has 1 aromatic carbocycles. The van der Waals surface area contributed by atoms with Crippen molar-refractivity contribution in [2.45, 2.75) is 4.90 Å². The van der Waals surface area contributed by atoms with Gasteiger partial charge in [0.1, 0.15) is 0 Å². The summed E-state index contributed by atoms with van der Waals surface area (Å²) >= 11 is -2.19. The van der Waals surface area contributed by atoms with Crippen molar-refractivity contribution in [2.24, 2.45) is 0 Å². The summed E-state index contributed by atoms with van der Waals surface area (Å²) in [6, 6.07) is 11.9. The SMILES string of the molecule is COc1cccc(-c2ccc(S(=O)[O-])cc2)n1. The van der Waals surface area contributed by atoms with Crippen LogP contribution in [-0.2, 0) is 11.1 Å². The molecule has 0 bridgehead atoms. The van der Waals surface area contributed by atoms with Crippen LogP contribution in [0.5, 0.6) is 5.88 Å². The van der Waals surface area contributed by atoms with Crippen molar-refractivity contribution in [1.29, 1.82) is 0 Å². The van der Waals surface area contributed by atoms with Gasteiger partial charge in [-0.1, -0.05) is 18.2 Å². The number of benzene rings is 1. The van der Waals surface area contributed by atoms with Crippen LogP contribution in [0, 0.1) is 0 Å². The molecule has 1 heterocycles. The van der Waals surface area contributed by atoms with Gasteiger partial charge in [0.25, 0.3) is 0 Å². The highest BCUT2D eigenvalue weighted by atomic mass is 32.2. The van der Waals surface area contributed by atoms with Gasteiger partial charge in [0.05, 0.1) is 12.8 Å². The van der Waals surface area contributed by atoms with Gasteiger partial charge in [-0.25, -0.2) is 4.98 Å². The molecule has 1 unspecified atom stereocenters. The molecule has 0 N–H and O–H groups in total. The first kappa shape index (κ1) is 11.8. The number of rotatable bonds is 3. The van der Waals surface area contributed by atoms with Crippen LogP contribution in [0.25, 0.3) is 11.3 Å². The van der Waals surface area contributed by atoms with Crippen molar-refractivity contribution < 1.29 is 13.5 Å². The topological polar surface area (TPSA) is 62.2 Å². The lowest BCUT2D eigenvalue weighted by atomic mass is 10.1. The molecule has 2 aromatic rings. The normalized spacial score (nSPS) is 12.1. The Morgan fingerprint density at radius 2 is 1.88 bits per heavy atom. The van der Waals surface area contributed by atoms with Gasteiger partial charge in [0.15, 0.2) is 0 Å². The van der Waals surface area contributed by atoms with E-state index in [0.717, 1.165) is 11.3 Å². The average molecular weight is 248 g/mol. The largest absolute Gasteiger partial charge is 0.768 e. The van der Waals surface area contributed by atoms with E-state index in [1.807, 2.05) is 12.1 Å². The highest BCUT2D eigenvalue weighted by Gasteiger charge is 2.01. The quantitative estimate of drug-likeness (QED) is 0.779. The smallest absolute Gasteiger partial charge is 0.213 e. The molecule has 0 saturated carbocycles. The Morgan fingerprint density at radius 1 is 1.18 bits per heavy atom. The maximum absolute atomic E-state index is 10.7. The summed E-state index contributed by atoms with van der Waals surface area (Å²) in [5, 5.41) is 0. The molecule has 0 amide bonds. The zero-order chi connectivity index (χ0) is 12.3. The van der Waals surface area contributed by atoms with Crippen LogP contribution in [0.1, 0.15) is 0 Å². The Hall–Kier alpha value is -1.72. The van der Waals surface area contributed by atoms with E-state index >= 15 is 0 Å². The molecule has 2 rings (SSSR count). The number of aromatic nitrogens is 1. The van der Waals surface area contributed by atoms with Gasteiger partial charge in [-0.2, -0.15) is 0 Å². The van der Waals surface area contributed by atoms with E-state index < -0.39 is 11.1 Å². The summed E-state index contributed by atoms with van der Waals surface area (Å²) in [6.45, 7) is 0. The highest BCUT2D eigenvalue weighted by molar-refractivity contribution is 7.79. The molecule has 0 aliphatic carbocycles. The Balaban J connectivity index is 2.36. The van der Waals surface area contributed by atoms with E-state index in [1.165, 1.54) is 0 Å². The zero-order valence-corrected chi connectivity index (χ0v) is 9.94. The van der Waals surface area contributed by atoms with E-state index in [2.05, 4.69) is 4.98 Å². The second-order valence-electron chi connectivity index (χ2n) is 3.32. The molecule has 1 atom stereocenters. The maximum atomic E-state index is 10.7. The zero-order valence-electron chi connectivity index (χ0n) is 9.12. The molecule has 5 heteroatoms. The van der Waals surface area contributed by atoms with Crippen molar-refractivity contribution in [2.75, 3.05) is 7.11 Å². The minimum absolute atomic E-state index is 0.261. The van der Waals surface area contributed by atoms with Crippen molar-refractivity contribution in [3.63, 3.8) is 0 Å². The molecule has 17 heavy (non-hydrogen) atoms. The first-order valence-corrected chi connectivity index (χ1v) is 5.99. The van der Waals surface area contributed by atoms with Gasteiger partial charge in [0.2, 0.25) is 5.88 Å². The second-order valence-corrected chi connectivity index (χ2v) is 4.27. The van der Waals surface area contributed by atoms with Gasteiger partial charge >= 0.3 is 0 Å². The van der Waals surface area contributed by atoms with E-state index in [0.29, 0.717) is 5.88 Å². The predicted molar refractivity (Wildman–Crippen MR) is 63.4 cm³/mol. The van der Waals surface area contributed by atoms with Gasteiger partial charge in [-0.05, 0) is 29.3 Å². The van der Waals surface area contributed by atoms with E-state index in [4.69, 9.17) is 4.74 Å². The summed E-state index contributed by atoms with van der Waals surface area (Å²) in [6.07, 6.45) is 0. The molecule has 88 valence electrons. The molecule has 0 saturated heterocycles. The van der Waals surface area contributed by atoms with Gasteiger partial charge in [0, 0.05) is 16.5 Å². The first-order chi connectivity index (χ1) is 8.20. The van der Waals surface area contributed by atoms with Crippen LogP contribution in [0.3, 0.4) is 0 Å². The third-order valence-electron chi connectivity index (χ3n) is 2.28. The molecular formula is C12H10NO3S-. The minimum atomic E-state index is -2.19. The fourth-order valence-corrected chi connectivity index (χ4v) is 1.78. The predicted octanol–water partition coefficient (Wildman–Crippen LogP) is 2.00. The van der Waals surface area contributed by atoms with E-state index in [-0.39, 0.29) is 4.90 Å². The number of ether oxygens (including phenoxy) is 1. The van der Waals surface area contributed by atoms with Crippen LogP contribution in [0.15, 0.2) is 47.4 Å². The van der Waals surface area contributed by atoms with Crippen LogP contribution in [0.4, 0.5) is 0 Å². The average Bonchev–Trinajstić information content (AvgIpc) is 2.39. The molecule has 0 spiro atoms. The van der Waals surface area contributed by atoms with Gasteiger partial charge in [-0.3, -0.25) is 4.21 Å². The number of hydrogen-bond donors (Lipinski definition) is 0. The number of nitrogens with zero attached hydrogens (tertiary/aromatic N) is 1. The molecular weight excluding hydrogens is 238 g/mol. The number of pyridine rings is 1. The Kier molecular flexibility index (Phi) is 3.51. The summed E-state index contributed by atoms with van der Waals surface area (Å²) in [5.74, 6) is 0.527. The summed E-state index contributed by atoms with van der Waals surface area (Å²) in [5.41, 5.74) is 1.59. The van der Waals surface area contributed by atoms with Crippen LogP contribution in [0.2, 0.25) is 0 Å². The fraction of sp³-hybridized carbons (Fsp3) is 0.0833. The summed E-state index contributed by atoms with van der Waals surface area (Å²) < 4.78 is 26.5. The number of hydrogen-bond acceptors (Lipinski definition) is 4. The Morgan fingerprint density at radius 3 is 2.47 bits per heavy atom. The van der Waals surface area contributed by atoms with Crippen molar-refractivity contribution in [1.82, 2.24) is 4.98 Å². The lowest BCUT2D eigenvalue weighted by Crippen LogP contribution is -1.91. The molecule has 1 aromatic heterocycles. The first-order valence-electron chi connectivity index (χ1n) is 4.91.